The normalized spacial score (nSPS) is 15.6. The van der Waals surface area contributed by atoms with Gasteiger partial charge in [0.2, 0.25) is 0 Å². The van der Waals surface area contributed by atoms with Gasteiger partial charge < -0.3 is 4.90 Å². The Morgan fingerprint density at radius 2 is 1.71 bits per heavy atom. The zero-order valence-electron chi connectivity index (χ0n) is 8.25. The first-order chi connectivity index (χ1) is 6.54. The van der Waals surface area contributed by atoms with Crippen LogP contribution in [0.2, 0.25) is 0 Å². The number of allylic oxidation sites excluding steroid dienone is 1. The number of hydrogen-bond donors (Lipinski definition) is 0. The van der Waals surface area contributed by atoms with E-state index in [9.17, 15) is 4.79 Å². The molecule has 0 fully saturated rings. The number of nitrogens with zero attached hydrogens (tertiary/aromatic N) is 3. The number of likely N-dealkylation sites (N-methyl/N-ethyl adjacent to an activating group) is 1. The van der Waals surface area contributed by atoms with Gasteiger partial charge in [0, 0.05) is 12.6 Å². The van der Waals surface area contributed by atoms with Crippen LogP contribution >= 0.6 is 0 Å². The average molecular weight is 187 g/mol. The monoisotopic (exact) mass is 187 g/mol. The number of amides is 1. The third kappa shape index (κ3) is 1.18. The average Bonchev–Trinajstić information content (AvgIpc) is 2.37. The van der Waals surface area contributed by atoms with Gasteiger partial charge in [0.25, 0.3) is 5.91 Å². The van der Waals surface area contributed by atoms with Crippen LogP contribution in [0, 0.1) is 13.1 Å². The highest BCUT2D eigenvalue weighted by atomic mass is 16.2. The van der Waals surface area contributed by atoms with Crippen molar-refractivity contribution in [2.24, 2.45) is 0 Å². The SMILES string of the molecule is [C-]#[N+]C([N+]#[C-])=C1C(C)=C(C)C(=O)N1C. The van der Waals surface area contributed by atoms with Crippen LogP contribution in [0.4, 0.5) is 0 Å². The maximum Gasteiger partial charge on any atom is 0.543 e. The second kappa shape index (κ2) is 3.35. The molecule has 1 heterocycles. The Morgan fingerprint density at radius 1 is 1.21 bits per heavy atom. The smallest absolute Gasteiger partial charge is 0.314 e. The molecule has 0 aromatic heterocycles. The van der Waals surface area contributed by atoms with E-state index in [1.165, 1.54) is 4.90 Å². The second-order valence-electron chi connectivity index (χ2n) is 3.01. The Hall–Kier alpha value is -2.07. The molecule has 0 radical (unpaired) electrons. The largest absolute Gasteiger partial charge is 0.543 e. The fourth-order valence-corrected chi connectivity index (χ4v) is 1.39. The first-order valence-corrected chi connectivity index (χ1v) is 3.99. The molecule has 0 aromatic rings. The van der Waals surface area contributed by atoms with E-state index in [-0.39, 0.29) is 11.7 Å². The maximum absolute atomic E-state index is 11.5. The molecule has 0 saturated carbocycles. The van der Waals surface area contributed by atoms with E-state index in [0.29, 0.717) is 11.3 Å². The molecule has 0 aromatic carbocycles. The molecule has 1 aliphatic heterocycles. The van der Waals surface area contributed by atoms with Gasteiger partial charge in [-0.25, -0.2) is 0 Å². The summed E-state index contributed by atoms with van der Waals surface area (Å²) in [4.78, 5) is 19.1. The zero-order valence-corrected chi connectivity index (χ0v) is 8.25. The molecule has 0 saturated heterocycles. The third-order valence-electron chi connectivity index (χ3n) is 2.30. The van der Waals surface area contributed by atoms with Gasteiger partial charge in [-0.05, 0) is 19.4 Å². The van der Waals surface area contributed by atoms with Crippen LogP contribution in [-0.4, -0.2) is 17.9 Å². The molecule has 4 heteroatoms. The molecule has 0 aliphatic carbocycles. The minimum Gasteiger partial charge on any atom is -0.314 e. The van der Waals surface area contributed by atoms with Gasteiger partial charge in [-0.1, -0.05) is 0 Å². The Labute approximate surface area is 82.8 Å². The van der Waals surface area contributed by atoms with Crippen LogP contribution in [0.15, 0.2) is 22.7 Å². The van der Waals surface area contributed by atoms with Crippen LogP contribution < -0.4 is 0 Å². The van der Waals surface area contributed by atoms with Gasteiger partial charge in [-0.15, -0.1) is 0 Å². The van der Waals surface area contributed by atoms with Gasteiger partial charge in [0.15, 0.2) is 0 Å². The van der Waals surface area contributed by atoms with E-state index in [1.807, 2.05) is 0 Å². The fraction of sp³-hybridized carbons (Fsp3) is 0.300. The number of rotatable bonds is 0. The lowest BCUT2D eigenvalue weighted by Gasteiger charge is -2.09. The van der Waals surface area contributed by atoms with Gasteiger partial charge in [0.1, 0.15) is 18.8 Å². The minimum atomic E-state index is -0.137. The van der Waals surface area contributed by atoms with Crippen molar-refractivity contribution in [1.29, 1.82) is 0 Å². The molecule has 1 amide bonds. The van der Waals surface area contributed by atoms with E-state index in [2.05, 4.69) is 9.69 Å². The highest BCUT2D eigenvalue weighted by Gasteiger charge is 2.33. The summed E-state index contributed by atoms with van der Waals surface area (Å²) in [5.41, 5.74) is 1.77. The van der Waals surface area contributed by atoms with Gasteiger partial charge in [0.05, 0.1) is 0 Å². The zero-order chi connectivity index (χ0) is 10.9. The van der Waals surface area contributed by atoms with Crippen molar-refractivity contribution in [2.75, 3.05) is 7.05 Å². The molecule has 14 heavy (non-hydrogen) atoms. The maximum atomic E-state index is 11.5. The number of hydrogen-bond acceptors (Lipinski definition) is 1. The summed E-state index contributed by atoms with van der Waals surface area (Å²) in [6, 6.07) is 0. The summed E-state index contributed by atoms with van der Waals surface area (Å²) < 4.78 is 0. The summed E-state index contributed by atoms with van der Waals surface area (Å²) in [6.45, 7) is 17.1. The van der Waals surface area contributed by atoms with E-state index < -0.39 is 0 Å². The topological polar surface area (TPSA) is 29.0 Å². The standard InChI is InChI=1S/C10H9N3O/c1-6-7(2)10(14)13(5)8(6)9(11-3)12-4/h1-2,5H3. The van der Waals surface area contributed by atoms with E-state index in [0.717, 1.165) is 5.57 Å². The molecule has 70 valence electrons. The molecule has 0 spiro atoms. The molecule has 0 unspecified atom stereocenters. The fourth-order valence-electron chi connectivity index (χ4n) is 1.39. The van der Waals surface area contributed by atoms with Gasteiger partial charge in [-0.2, -0.15) is 9.69 Å². The highest BCUT2D eigenvalue weighted by Crippen LogP contribution is 2.30. The van der Waals surface area contributed by atoms with Crippen LogP contribution in [0.3, 0.4) is 0 Å². The molecular weight excluding hydrogens is 178 g/mol. The quantitative estimate of drug-likeness (QED) is 0.531. The lowest BCUT2D eigenvalue weighted by molar-refractivity contribution is -0.123. The first-order valence-electron chi connectivity index (χ1n) is 3.99. The van der Waals surface area contributed by atoms with Gasteiger partial charge >= 0.3 is 5.82 Å². The van der Waals surface area contributed by atoms with Crippen molar-refractivity contribution in [3.8, 4) is 0 Å². The second-order valence-corrected chi connectivity index (χ2v) is 3.01. The van der Waals surface area contributed by atoms with Crippen LogP contribution in [0.25, 0.3) is 9.69 Å². The lowest BCUT2D eigenvalue weighted by atomic mass is 10.1. The van der Waals surface area contributed by atoms with Crippen LogP contribution in [-0.2, 0) is 4.79 Å². The Morgan fingerprint density at radius 3 is 2.00 bits per heavy atom. The molecule has 0 N–H and O–H groups in total. The van der Waals surface area contributed by atoms with Crippen molar-refractivity contribution in [2.45, 2.75) is 13.8 Å². The first kappa shape index (κ1) is 10.0. The van der Waals surface area contributed by atoms with Crippen LogP contribution in [0.5, 0.6) is 0 Å². The Balaban J connectivity index is 3.45. The van der Waals surface area contributed by atoms with Crippen molar-refractivity contribution in [3.05, 3.63) is 45.5 Å². The predicted octanol–water partition coefficient (Wildman–Crippen LogP) is 1.80. The van der Waals surface area contributed by atoms with Crippen molar-refractivity contribution >= 4 is 5.91 Å². The van der Waals surface area contributed by atoms with Crippen molar-refractivity contribution in [1.82, 2.24) is 4.90 Å². The number of carbonyl (C=O) groups is 1. The summed E-state index contributed by atoms with van der Waals surface area (Å²) in [7, 11) is 1.58. The minimum absolute atomic E-state index is 0.0461. The molecule has 0 bridgehead atoms. The van der Waals surface area contributed by atoms with E-state index >= 15 is 0 Å². The molecular formula is C10H9N3O. The van der Waals surface area contributed by atoms with E-state index in [4.69, 9.17) is 13.1 Å². The molecule has 4 nitrogen and oxygen atoms in total. The van der Waals surface area contributed by atoms with Gasteiger partial charge in [-0.3, -0.25) is 4.79 Å². The molecule has 1 rings (SSSR count). The Bertz CT molecular complexity index is 427. The third-order valence-corrected chi connectivity index (χ3v) is 2.30. The Kier molecular flexibility index (Phi) is 2.40. The molecule has 0 atom stereocenters. The summed E-state index contributed by atoms with van der Waals surface area (Å²) in [6.07, 6.45) is 0. The molecule has 1 aliphatic rings. The summed E-state index contributed by atoms with van der Waals surface area (Å²) in [5.74, 6) is -0.183. The van der Waals surface area contributed by atoms with Crippen LogP contribution in [0.1, 0.15) is 13.8 Å². The summed E-state index contributed by atoms with van der Waals surface area (Å²) in [5, 5.41) is 0. The number of carbonyl (C=O) groups excluding carboxylic acids is 1. The lowest BCUT2D eigenvalue weighted by Crippen LogP contribution is -2.20. The van der Waals surface area contributed by atoms with Crippen molar-refractivity contribution in [3.63, 3.8) is 0 Å². The van der Waals surface area contributed by atoms with E-state index in [1.54, 1.807) is 20.9 Å². The summed E-state index contributed by atoms with van der Waals surface area (Å²) >= 11 is 0. The highest BCUT2D eigenvalue weighted by molar-refractivity contribution is 5.99. The predicted molar refractivity (Wildman–Crippen MR) is 51.4 cm³/mol. The van der Waals surface area contributed by atoms with Crippen molar-refractivity contribution < 1.29 is 4.79 Å².